The van der Waals surface area contributed by atoms with Crippen LogP contribution < -0.4 is 11.1 Å². The molecule has 3 nitrogen and oxygen atoms in total. The number of pyridine rings is 1. The number of rotatable bonds is 3. The van der Waals surface area contributed by atoms with Crippen LogP contribution in [0, 0.1) is 11.9 Å². The minimum absolute atomic E-state index is 0.341. The summed E-state index contributed by atoms with van der Waals surface area (Å²) in [5.41, 5.74) is 5.74. The summed E-state index contributed by atoms with van der Waals surface area (Å²) in [6.45, 7) is 0.687. The largest absolute Gasteiger partial charge is 0.367 e. The van der Waals surface area contributed by atoms with E-state index in [-0.39, 0.29) is 0 Å². The SMILES string of the molecule is NCC1CCCCC1Nc1cccc(F)n1. The van der Waals surface area contributed by atoms with Crippen molar-refractivity contribution in [3.63, 3.8) is 0 Å². The zero-order valence-electron chi connectivity index (χ0n) is 9.32. The first-order valence-corrected chi connectivity index (χ1v) is 5.89. The van der Waals surface area contributed by atoms with E-state index in [0.29, 0.717) is 24.3 Å². The summed E-state index contributed by atoms with van der Waals surface area (Å²) < 4.78 is 12.9. The van der Waals surface area contributed by atoms with E-state index in [1.54, 1.807) is 12.1 Å². The fraction of sp³-hybridized carbons (Fsp3) is 0.583. The van der Waals surface area contributed by atoms with Crippen LogP contribution in [-0.4, -0.2) is 17.6 Å². The third-order valence-electron chi connectivity index (χ3n) is 3.26. The van der Waals surface area contributed by atoms with Crippen LogP contribution in [0.5, 0.6) is 0 Å². The second kappa shape index (κ2) is 5.25. The average Bonchev–Trinajstić information content (AvgIpc) is 2.30. The molecule has 0 aromatic carbocycles. The Morgan fingerprint density at radius 1 is 1.38 bits per heavy atom. The highest BCUT2D eigenvalue weighted by molar-refractivity contribution is 5.35. The van der Waals surface area contributed by atoms with Gasteiger partial charge in [-0.2, -0.15) is 4.39 Å². The molecule has 88 valence electrons. The molecule has 0 radical (unpaired) electrons. The van der Waals surface area contributed by atoms with Crippen LogP contribution in [0.4, 0.5) is 10.2 Å². The van der Waals surface area contributed by atoms with Gasteiger partial charge in [-0.25, -0.2) is 4.98 Å². The smallest absolute Gasteiger partial charge is 0.214 e. The normalized spacial score (nSPS) is 25.4. The molecule has 0 spiro atoms. The highest BCUT2D eigenvalue weighted by Gasteiger charge is 2.23. The molecule has 0 aliphatic heterocycles. The van der Waals surface area contributed by atoms with Crippen molar-refractivity contribution in [2.75, 3.05) is 11.9 Å². The van der Waals surface area contributed by atoms with Crippen molar-refractivity contribution in [2.24, 2.45) is 11.7 Å². The molecule has 1 heterocycles. The summed E-state index contributed by atoms with van der Waals surface area (Å²) in [6.07, 6.45) is 4.71. The lowest BCUT2D eigenvalue weighted by atomic mass is 9.84. The van der Waals surface area contributed by atoms with Crippen LogP contribution in [0.25, 0.3) is 0 Å². The molecule has 2 rings (SSSR count). The molecule has 2 unspecified atom stereocenters. The van der Waals surface area contributed by atoms with E-state index in [4.69, 9.17) is 5.73 Å². The number of nitrogens with two attached hydrogens (primary N) is 1. The highest BCUT2D eigenvalue weighted by atomic mass is 19.1. The summed E-state index contributed by atoms with van der Waals surface area (Å²) in [4.78, 5) is 3.82. The van der Waals surface area contributed by atoms with Gasteiger partial charge < -0.3 is 11.1 Å². The Kier molecular flexibility index (Phi) is 3.72. The van der Waals surface area contributed by atoms with E-state index in [9.17, 15) is 4.39 Å². The summed E-state index contributed by atoms with van der Waals surface area (Å²) in [6, 6.07) is 5.16. The number of halogens is 1. The third kappa shape index (κ3) is 2.70. The van der Waals surface area contributed by atoms with Gasteiger partial charge in [0.2, 0.25) is 5.95 Å². The fourth-order valence-corrected chi connectivity index (χ4v) is 2.36. The Labute approximate surface area is 95.3 Å². The van der Waals surface area contributed by atoms with Crippen molar-refractivity contribution >= 4 is 5.82 Å². The predicted octanol–water partition coefficient (Wildman–Crippen LogP) is 2.15. The molecule has 1 aromatic rings. The third-order valence-corrected chi connectivity index (χ3v) is 3.26. The first kappa shape index (κ1) is 11.3. The maximum Gasteiger partial charge on any atom is 0.214 e. The average molecular weight is 223 g/mol. The van der Waals surface area contributed by atoms with Gasteiger partial charge in [-0.1, -0.05) is 18.9 Å². The molecule has 0 saturated heterocycles. The Morgan fingerprint density at radius 3 is 2.94 bits per heavy atom. The van der Waals surface area contributed by atoms with Gasteiger partial charge in [0, 0.05) is 6.04 Å². The molecule has 4 heteroatoms. The fourth-order valence-electron chi connectivity index (χ4n) is 2.36. The van der Waals surface area contributed by atoms with Crippen molar-refractivity contribution in [3.05, 3.63) is 24.1 Å². The molecule has 1 aliphatic rings. The lowest BCUT2D eigenvalue weighted by Gasteiger charge is -2.31. The van der Waals surface area contributed by atoms with Gasteiger partial charge in [0.15, 0.2) is 0 Å². The number of nitrogens with one attached hydrogen (secondary N) is 1. The van der Waals surface area contributed by atoms with Crippen LogP contribution in [0.2, 0.25) is 0 Å². The van der Waals surface area contributed by atoms with Crippen LogP contribution >= 0.6 is 0 Å². The Balaban J connectivity index is 2.02. The molecule has 1 saturated carbocycles. The molecule has 3 N–H and O–H groups in total. The van der Waals surface area contributed by atoms with Crippen molar-refractivity contribution in [3.8, 4) is 0 Å². The lowest BCUT2D eigenvalue weighted by Crippen LogP contribution is -2.36. The van der Waals surface area contributed by atoms with E-state index >= 15 is 0 Å². The number of hydrogen-bond donors (Lipinski definition) is 2. The minimum atomic E-state index is -0.440. The summed E-state index contributed by atoms with van der Waals surface area (Å²) in [5, 5.41) is 3.29. The molecule has 16 heavy (non-hydrogen) atoms. The second-order valence-corrected chi connectivity index (χ2v) is 4.38. The summed E-state index contributed by atoms with van der Waals surface area (Å²) in [7, 11) is 0. The first-order chi connectivity index (χ1) is 7.79. The predicted molar refractivity (Wildman–Crippen MR) is 62.6 cm³/mol. The summed E-state index contributed by atoms with van der Waals surface area (Å²) in [5.74, 6) is 0.661. The van der Waals surface area contributed by atoms with Crippen molar-refractivity contribution in [1.29, 1.82) is 0 Å². The molecule has 2 atom stereocenters. The number of hydrogen-bond acceptors (Lipinski definition) is 3. The molecule has 0 bridgehead atoms. The molecule has 1 fully saturated rings. The zero-order chi connectivity index (χ0) is 11.4. The standard InChI is InChI=1S/C12H18FN3/c13-11-6-3-7-12(16-11)15-10-5-2-1-4-9(10)8-14/h3,6-7,9-10H,1-2,4-5,8,14H2,(H,15,16). The van der Waals surface area contributed by atoms with Gasteiger partial charge in [-0.15, -0.1) is 0 Å². The van der Waals surface area contributed by atoms with E-state index in [2.05, 4.69) is 10.3 Å². The van der Waals surface area contributed by atoms with E-state index in [1.165, 1.54) is 18.9 Å². The van der Waals surface area contributed by atoms with E-state index in [1.807, 2.05) is 0 Å². The van der Waals surface area contributed by atoms with Gasteiger partial charge in [-0.3, -0.25) is 0 Å². The van der Waals surface area contributed by atoms with Gasteiger partial charge in [0.05, 0.1) is 0 Å². The first-order valence-electron chi connectivity index (χ1n) is 5.89. The molecular weight excluding hydrogens is 205 g/mol. The lowest BCUT2D eigenvalue weighted by molar-refractivity contribution is 0.332. The van der Waals surface area contributed by atoms with Gasteiger partial charge in [-0.05, 0) is 37.4 Å². The molecule has 0 amide bonds. The van der Waals surface area contributed by atoms with E-state index in [0.717, 1.165) is 12.8 Å². The van der Waals surface area contributed by atoms with E-state index < -0.39 is 5.95 Å². The Hall–Kier alpha value is -1.16. The maximum atomic E-state index is 12.9. The van der Waals surface area contributed by atoms with Gasteiger partial charge >= 0.3 is 0 Å². The highest BCUT2D eigenvalue weighted by Crippen LogP contribution is 2.25. The quantitative estimate of drug-likeness (QED) is 0.772. The van der Waals surface area contributed by atoms with Crippen LogP contribution in [0.3, 0.4) is 0 Å². The van der Waals surface area contributed by atoms with Crippen LogP contribution in [0.15, 0.2) is 18.2 Å². The monoisotopic (exact) mass is 223 g/mol. The van der Waals surface area contributed by atoms with Crippen LogP contribution in [0.1, 0.15) is 25.7 Å². The Bertz CT molecular complexity index is 343. The molecule has 1 aliphatic carbocycles. The van der Waals surface area contributed by atoms with Gasteiger partial charge in [0.1, 0.15) is 5.82 Å². The van der Waals surface area contributed by atoms with Gasteiger partial charge in [0.25, 0.3) is 0 Å². The zero-order valence-corrected chi connectivity index (χ0v) is 9.32. The number of aromatic nitrogens is 1. The summed E-state index contributed by atoms with van der Waals surface area (Å²) >= 11 is 0. The van der Waals surface area contributed by atoms with Crippen LogP contribution in [-0.2, 0) is 0 Å². The van der Waals surface area contributed by atoms with Crippen molar-refractivity contribution in [1.82, 2.24) is 4.98 Å². The number of nitrogens with zero attached hydrogens (tertiary/aromatic N) is 1. The molecular formula is C12H18FN3. The van der Waals surface area contributed by atoms with Crippen molar-refractivity contribution in [2.45, 2.75) is 31.7 Å². The maximum absolute atomic E-state index is 12.9. The number of anilines is 1. The minimum Gasteiger partial charge on any atom is -0.367 e. The Morgan fingerprint density at radius 2 is 2.19 bits per heavy atom. The molecule has 1 aromatic heterocycles. The van der Waals surface area contributed by atoms with Crippen molar-refractivity contribution < 1.29 is 4.39 Å². The second-order valence-electron chi connectivity index (χ2n) is 4.38. The topological polar surface area (TPSA) is 50.9 Å².